The van der Waals surface area contributed by atoms with E-state index in [0.29, 0.717) is 17.9 Å². The van der Waals surface area contributed by atoms with Crippen molar-refractivity contribution in [2.75, 3.05) is 6.61 Å². The molecule has 0 fully saturated rings. The fraction of sp³-hybridized carbons (Fsp3) is 1.00. The predicted octanol–water partition coefficient (Wildman–Crippen LogP) is 2.83. The van der Waals surface area contributed by atoms with E-state index in [9.17, 15) is 0 Å². The summed E-state index contributed by atoms with van der Waals surface area (Å²) in [6.45, 7) is 9.31. The molecule has 0 bridgehead atoms. The Bertz CT molecular complexity index is 91.5. The number of hydrogen-bond donors (Lipinski definition) is 1. The van der Waals surface area contributed by atoms with E-state index in [-0.39, 0.29) is 0 Å². The summed E-state index contributed by atoms with van der Waals surface area (Å²) in [4.78, 5) is 0. The Morgan fingerprint density at radius 3 is 2.09 bits per heavy atom. The fourth-order valence-corrected chi connectivity index (χ4v) is 1.50. The van der Waals surface area contributed by atoms with Gasteiger partial charge < -0.3 is 5.11 Å². The summed E-state index contributed by atoms with van der Waals surface area (Å²) in [5, 5.41) is 8.76. The Morgan fingerprint density at radius 1 is 1.27 bits per heavy atom. The van der Waals surface area contributed by atoms with Crippen LogP contribution >= 0.6 is 0 Å². The fourth-order valence-electron chi connectivity index (χ4n) is 1.50. The van der Waals surface area contributed by atoms with Gasteiger partial charge in [0, 0.05) is 6.61 Å². The Hall–Kier alpha value is -0.0400. The SMILES string of the molecule is CC[C@H](CCO)CC(C)(C)C. The molecule has 1 heteroatoms. The zero-order valence-electron chi connectivity index (χ0n) is 8.35. The first-order chi connectivity index (χ1) is 4.99. The van der Waals surface area contributed by atoms with E-state index < -0.39 is 0 Å². The molecule has 11 heavy (non-hydrogen) atoms. The van der Waals surface area contributed by atoms with Crippen molar-refractivity contribution in [3.05, 3.63) is 0 Å². The molecule has 0 aromatic rings. The van der Waals surface area contributed by atoms with Crippen molar-refractivity contribution in [1.29, 1.82) is 0 Å². The largest absolute Gasteiger partial charge is 0.396 e. The first kappa shape index (κ1) is 11.0. The van der Waals surface area contributed by atoms with Crippen LogP contribution in [0.25, 0.3) is 0 Å². The zero-order chi connectivity index (χ0) is 8.91. The first-order valence-corrected chi connectivity index (χ1v) is 4.60. The van der Waals surface area contributed by atoms with Gasteiger partial charge in [-0.25, -0.2) is 0 Å². The van der Waals surface area contributed by atoms with Crippen LogP contribution < -0.4 is 0 Å². The van der Waals surface area contributed by atoms with Crippen molar-refractivity contribution in [2.24, 2.45) is 11.3 Å². The third kappa shape index (κ3) is 6.36. The molecule has 0 aliphatic rings. The maximum absolute atomic E-state index is 8.76. The Balaban J connectivity index is 3.68. The Kier molecular flexibility index (Phi) is 4.74. The van der Waals surface area contributed by atoms with Crippen LogP contribution in [0.3, 0.4) is 0 Å². The quantitative estimate of drug-likeness (QED) is 0.667. The average molecular weight is 158 g/mol. The standard InChI is InChI=1S/C10H22O/c1-5-9(6-7-11)8-10(2,3)4/h9,11H,5-8H2,1-4H3/t9-/m1/s1. The Morgan fingerprint density at radius 2 is 1.82 bits per heavy atom. The smallest absolute Gasteiger partial charge is 0.0433 e. The highest BCUT2D eigenvalue weighted by atomic mass is 16.3. The molecule has 0 aromatic heterocycles. The van der Waals surface area contributed by atoms with E-state index in [1.807, 2.05) is 0 Å². The van der Waals surface area contributed by atoms with Gasteiger partial charge >= 0.3 is 0 Å². The predicted molar refractivity (Wildman–Crippen MR) is 49.6 cm³/mol. The van der Waals surface area contributed by atoms with Crippen molar-refractivity contribution < 1.29 is 5.11 Å². The summed E-state index contributed by atoms with van der Waals surface area (Å²) in [6, 6.07) is 0. The molecule has 0 amide bonds. The lowest BCUT2D eigenvalue weighted by molar-refractivity contribution is 0.214. The summed E-state index contributed by atoms with van der Waals surface area (Å²) in [5.41, 5.74) is 0.413. The van der Waals surface area contributed by atoms with Gasteiger partial charge in [-0.05, 0) is 24.2 Å². The van der Waals surface area contributed by atoms with Gasteiger partial charge in [0.15, 0.2) is 0 Å². The lowest BCUT2D eigenvalue weighted by atomic mass is 9.82. The summed E-state index contributed by atoms with van der Waals surface area (Å²) >= 11 is 0. The summed E-state index contributed by atoms with van der Waals surface area (Å²) in [6.07, 6.45) is 3.38. The molecular weight excluding hydrogens is 136 g/mol. The van der Waals surface area contributed by atoms with E-state index in [1.54, 1.807) is 0 Å². The molecular formula is C10H22O. The van der Waals surface area contributed by atoms with E-state index in [1.165, 1.54) is 12.8 Å². The van der Waals surface area contributed by atoms with Gasteiger partial charge in [0.25, 0.3) is 0 Å². The molecule has 0 unspecified atom stereocenters. The third-order valence-corrected chi connectivity index (χ3v) is 2.02. The van der Waals surface area contributed by atoms with Crippen LogP contribution in [0.2, 0.25) is 0 Å². The van der Waals surface area contributed by atoms with Crippen LogP contribution in [0.15, 0.2) is 0 Å². The first-order valence-electron chi connectivity index (χ1n) is 4.60. The van der Waals surface area contributed by atoms with Crippen molar-refractivity contribution in [3.8, 4) is 0 Å². The minimum absolute atomic E-state index is 0.342. The highest BCUT2D eigenvalue weighted by Gasteiger charge is 2.16. The second-order valence-electron chi connectivity index (χ2n) is 4.55. The van der Waals surface area contributed by atoms with E-state index in [0.717, 1.165) is 6.42 Å². The van der Waals surface area contributed by atoms with Crippen LogP contribution in [0.5, 0.6) is 0 Å². The average Bonchev–Trinajstić information content (AvgIpc) is 1.84. The molecule has 0 saturated heterocycles. The minimum atomic E-state index is 0.342. The summed E-state index contributed by atoms with van der Waals surface area (Å²) in [5.74, 6) is 0.708. The van der Waals surface area contributed by atoms with Gasteiger partial charge in [-0.1, -0.05) is 34.1 Å². The maximum atomic E-state index is 8.76. The molecule has 0 heterocycles. The van der Waals surface area contributed by atoms with Crippen LogP contribution in [0.1, 0.15) is 47.0 Å². The van der Waals surface area contributed by atoms with Gasteiger partial charge in [-0.15, -0.1) is 0 Å². The van der Waals surface area contributed by atoms with Gasteiger partial charge in [-0.3, -0.25) is 0 Å². The molecule has 1 N–H and O–H groups in total. The number of hydrogen-bond acceptors (Lipinski definition) is 1. The molecule has 0 spiro atoms. The molecule has 1 nitrogen and oxygen atoms in total. The number of rotatable bonds is 4. The van der Waals surface area contributed by atoms with E-state index in [2.05, 4.69) is 27.7 Å². The van der Waals surface area contributed by atoms with Crippen LogP contribution in [0.4, 0.5) is 0 Å². The number of aliphatic hydroxyl groups is 1. The van der Waals surface area contributed by atoms with Crippen molar-refractivity contribution in [3.63, 3.8) is 0 Å². The molecule has 0 aliphatic heterocycles. The lowest BCUT2D eigenvalue weighted by Crippen LogP contribution is -2.13. The van der Waals surface area contributed by atoms with Gasteiger partial charge in [0.05, 0.1) is 0 Å². The minimum Gasteiger partial charge on any atom is -0.396 e. The van der Waals surface area contributed by atoms with E-state index in [4.69, 9.17) is 5.11 Å². The normalized spacial score (nSPS) is 15.0. The highest BCUT2D eigenvalue weighted by molar-refractivity contribution is 4.67. The molecule has 0 aliphatic carbocycles. The molecule has 68 valence electrons. The maximum Gasteiger partial charge on any atom is 0.0433 e. The van der Waals surface area contributed by atoms with Crippen molar-refractivity contribution in [1.82, 2.24) is 0 Å². The van der Waals surface area contributed by atoms with Crippen LogP contribution in [0, 0.1) is 11.3 Å². The van der Waals surface area contributed by atoms with Gasteiger partial charge in [0.2, 0.25) is 0 Å². The zero-order valence-corrected chi connectivity index (χ0v) is 8.35. The monoisotopic (exact) mass is 158 g/mol. The second kappa shape index (κ2) is 4.76. The molecule has 0 saturated carbocycles. The molecule has 0 aromatic carbocycles. The third-order valence-electron chi connectivity index (χ3n) is 2.02. The van der Waals surface area contributed by atoms with Crippen LogP contribution in [-0.2, 0) is 0 Å². The molecule has 0 radical (unpaired) electrons. The van der Waals surface area contributed by atoms with E-state index >= 15 is 0 Å². The highest BCUT2D eigenvalue weighted by Crippen LogP contribution is 2.27. The summed E-state index contributed by atoms with van der Waals surface area (Å²) in [7, 11) is 0. The topological polar surface area (TPSA) is 20.2 Å². The second-order valence-corrected chi connectivity index (χ2v) is 4.55. The molecule has 0 rings (SSSR count). The van der Waals surface area contributed by atoms with Crippen molar-refractivity contribution >= 4 is 0 Å². The van der Waals surface area contributed by atoms with Gasteiger partial charge in [-0.2, -0.15) is 0 Å². The number of aliphatic hydroxyl groups excluding tert-OH is 1. The van der Waals surface area contributed by atoms with Crippen LogP contribution in [-0.4, -0.2) is 11.7 Å². The van der Waals surface area contributed by atoms with Crippen molar-refractivity contribution in [2.45, 2.75) is 47.0 Å². The molecule has 1 atom stereocenters. The summed E-state index contributed by atoms with van der Waals surface area (Å²) < 4.78 is 0. The lowest BCUT2D eigenvalue weighted by Gasteiger charge is -2.24. The Labute approximate surface area is 70.8 Å². The van der Waals surface area contributed by atoms with Gasteiger partial charge in [0.1, 0.15) is 0 Å².